The lowest BCUT2D eigenvalue weighted by Gasteiger charge is -2.54. The number of fused-ring (bicyclic) bond motifs is 8. The van der Waals surface area contributed by atoms with E-state index in [1.54, 1.807) is 11.1 Å². The first-order valence-corrected chi connectivity index (χ1v) is 19.0. The molecular formula is C50H41N. The van der Waals surface area contributed by atoms with Gasteiger partial charge in [-0.25, -0.2) is 0 Å². The molecule has 1 aromatic heterocycles. The number of hydrogen-bond donors (Lipinski definition) is 0. The normalized spacial score (nSPS) is 22.1. The first-order valence-electron chi connectivity index (χ1n) is 19.0. The maximum absolute atomic E-state index is 2.54. The summed E-state index contributed by atoms with van der Waals surface area (Å²) in [5.41, 5.74) is 15.1. The monoisotopic (exact) mass is 655 g/mol. The number of nitrogens with zero attached hydrogens (tertiary/aromatic N) is 1. The van der Waals surface area contributed by atoms with E-state index < -0.39 is 0 Å². The molecule has 2 atom stereocenters. The van der Waals surface area contributed by atoms with E-state index in [1.807, 2.05) is 0 Å². The third kappa shape index (κ3) is 4.15. The third-order valence-corrected chi connectivity index (χ3v) is 13.1. The summed E-state index contributed by atoms with van der Waals surface area (Å²) in [5.74, 6) is 2.30. The molecule has 0 amide bonds. The van der Waals surface area contributed by atoms with Gasteiger partial charge in [-0.3, -0.25) is 0 Å². The Morgan fingerprint density at radius 1 is 0.510 bits per heavy atom. The van der Waals surface area contributed by atoms with Crippen molar-refractivity contribution in [3.8, 4) is 39.1 Å². The smallest absolute Gasteiger partial charge is 0.0619 e. The van der Waals surface area contributed by atoms with Crippen molar-refractivity contribution < 1.29 is 0 Å². The Bertz CT molecular complexity index is 2640. The Labute approximate surface area is 300 Å². The van der Waals surface area contributed by atoms with E-state index in [0.29, 0.717) is 0 Å². The topological polar surface area (TPSA) is 4.93 Å². The minimum atomic E-state index is 0.177. The second-order valence-corrected chi connectivity index (χ2v) is 15.7. The quantitative estimate of drug-likeness (QED) is 0.178. The maximum atomic E-state index is 2.54. The summed E-state index contributed by atoms with van der Waals surface area (Å²) in [7, 11) is 0. The Morgan fingerprint density at radius 2 is 1.20 bits per heavy atom. The molecule has 0 N–H and O–H groups in total. The Kier molecular flexibility index (Phi) is 6.36. The van der Waals surface area contributed by atoms with E-state index in [4.69, 9.17) is 0 Å². The van der Waals surface area contributed by atoms with Crippen molar-refractivity contribution in [3.63, 3.8) is 0 Å². The van der Waals surface area contributed by atoms with Crippen molar-refractivity contribution in [2.45, 2.75) is 44.4 Å². The Morgan fingerprint density at radius 3 is 2.08 bits per heavy atom. The summed E-state index contributed by atoms with van der Waals surface area (Å²) in [4.78, 5) is 0. The summed E-state index contributed by atoms with van der Waals surface area (Å²) in [6.45, 7) is 2.50. The van der Waals surface area contributed by atoms with Gasteiger partial charge in [-0.2, -0.15) is 0 Å². The van der Waals surface area contributed by atoms with Crippen LogP contribution in [0.4, 0.5) is 0 Å². The molecule has 8 aromatic rings. The molecule has 0 saturated heterocycles. The second-order valence-electron chi connectivity index (χ2n) is 15.7. The summed E-state index contributed by atoms with van der Waals surface area (Å²) in [6, 6.07) is 57.4. The van der Waals surface area contributed by atoms with E-state index in [-0.39, 0.29) is 5.41 Å². The predicted octanol–water partition coefficient (Wildman–Crippen LogP) is 13.4. The maximum Gasteiger partial charge on any atom is 0.0619 e. The van der Waals surface area contributed by atoms with Gasteiger partial charge in [-0.05, 0) is 118 Å². The minimum absolute atomic E-state index is 0.177. The third-order valence-electron chi connectivity index (χ3n) is 13.1. The highest BCUT2D eigenvalue weighted by Crippen LogP contribution is 2.65. The molecule has 1 nitrogen and oxygen atoms in total. The Hall–Kier alpha value is -5.40. The van der Waals surface area contributed by atoms with E-state index in [2.05, 4.69) is 163 Å². The fourth-order valence-corrected chi connectivity index (χ4v) is 11.2. The zero-order valence-corrected chi connectivity index (χ0v) is 29.1. The molecule has 2 saturated carbocycles. The molecule has 7 aromatic carbocycles. The van der Waals surface area contributed by atoms with Gasteiger partial charge in [0.25, 0.3) is 0 Å². The molecule has 2 fully saturated rings. The largest absolute Gasteiger partial charge is 0.309 e. The average Bonchev–Trinajstić information content (AvgIpc) is 3.66. The molecule has 3 aliphatic rings. The zero-order chi connectivity index (χ0) is 33.7. The van der Waals surface area contributed by atoms with Gasteiger partial charge in [0.1, 0.15) is 0 Å². The van der Waals surface area contributed by atoms with Gasteiger partial charge in [0.15, 0.2) is 0 Å². The fourth-order valence-electron chi connectivity index (χ4n) is 11.2. The van der Waals surface area contributed by atoms with Crippen molar-refractivity contribution >= 4 is 32.6 Å². The highest BCUT2D eigenvalue weighted by Gasteiger charge is 2.57. The van der Waals surface area contributed by atoms with Crippen LogP contribution in [0.3, 0.4) is 0 Å². The molecule has 246 valence electrons. The highest BCUT2D eigenvalue weighted by molar-refractivity contribution is 6.19. The summed E-state index contributed by atoms with van der Waals surface area (Å²) < 4.78 is 2.52. The Balaban J connectivity index is 1.13. The number of benzene rings is 7. The predicted molar refractivity (Wildman–Crippen MR) is 215 cm³/mol. The standard InChI is InChI=1S/C50H41N/c1-32-27-38-15-10-16-39(28-32)50(38)46-20-8-7-19-42(46)45-30-36(23-26-47(45)50)37-22-24-43-44-25-21-34-13-5-6-18-41(34)49(44)51(48(43)31-37)40-17-9-14-35(29-40)33-11-3-2-4-12-33/h2-9,11-14,17-26,29-32,38-39H,10,15-16,27-28H2,1H3. The van der Waals surface area contributed by atoms with Crippen LogP contribution in [-0.4, -0.2) is 4.57 Å². The van der Waals surface area contributed by atoms with Gasteiger partial charge in [0, 0.05) is 27.3 Å². The molecule has 2 bridgehead atoms. The lowest BCUT2D eigenvalue weighted by molar-refractivity contribution is 0.0564. The number of hydrogen-bond acceptors (Lipinski definition) is 0. The van der Waals surface area contributed by atoms with E-state index in [9.17, 15) is 0 Å². The van der Waals surface area contributed by atoms with Crippen LogP contribution in [0, 0.1) is 17.8 Å². The number of rotatable bonds is 3. The van der Waals surface area contributed by atoms with E-state index in [0.717, 1.165) is 17.8 Å². The van der Waals surface area contributed by atoms with E-state index in [1.165, 1.54) is 104 Å². The van der Waals surface area contributed by atoms with Crippen LogP contribution in [-0.2, 0) is 5.41 Å². The SMILES string of the molecule is CC1CC2CCCC(C1)C21c2ccccc2-c2cc(-c3ccc4c5ccc6ccccc6c5n(-c5cccc(-c6ccccc6)c5)c4c3)ccc21. The van der Waals surface area contributed by atoms with Crippen LogP contribution >= 0.6 is 0 Å². The van der Waals surface area contributed by atoms with Crippen molar-refractivity contribution in [2.24, 2.45) is 17.8 Å². The molecular weight excluding hydrogens is 615 g/mol. The van der Waals surface area contributed by atoms with Crippen LogP contribution in [0.15, 0.2) is 152 Å². The molecule has 2 unspecified atom stereocenters. The van der Waals surface area contributed by atoms with Crippen LogP contribution in [0.25, 0.3) is 71.6 Å². The van der Waals surface area contributed by atoms with Crippen LogP contribution in [0.2, 0.25) is 0 Å². The van der Waals surface area contributed by atoms with Gasteiger partial charge < -0.3 is 4.57 Å². The lowest BCUT2D eigenvalue weighted by atomic mass is 9.49. The summed E-state index contributed by atoms with van der Waals surface area (Å²) in [5, 5.41) is 5.13. The summed E-state index contributed by atoms with van der Waals surface area (Å²) in [6.07, 6.45) is 6.81. The molecule has 1 heterocycles. The average molecular weight is 656 g/mol. The second kappa shape index (κ2) is 11.0. The highest BCUT2D eigenvalue weighted by atomic mass is 15.0. The van der Waals surface area contributed by atoms with Gasteiger partial charge in [0.05, 0.1) is 11.0 Å². The van der Waals surface area contributed by atoms with Crippen LogP contribution < -0.4 is 0 Å². The zero-order valence-electron chi connectivity index (χ0n) is 29.1. The lowest BCUT2D eigenvalue weighted by Crippen LogP contribution is -2.49. The molecule has 1 spiro atoms. The van der Waals surface area contributed by atoms with Gasteiger partial charge in [-0.1, -0.05) is 141 Å². The molecule has 11 rings (SSSR count). The van der Waals surface area contributed by atoms with Crippen molar-refractivity contribution in [1.82, 2.24) is 4.57 Å². The van der Waals surface area contributed by atoms with Crippen molar-refractivity contribution in [1.29, 1.82) is 0 Å². The molecule has 51 heavy (non-hydrogen) atoms. The molecule has 0 radical (unpaired) electrons. The fraction of sp³-hybridized carbons (Fsp3) is 0.200. The van der Waals surface area contributed by atoms with Crippen LogP contribution in [0.5, 0.6) is 0 Å². The molecule has 3 aliphatic carbocycles. The van der Waals surface area contributed by atoms with Gasteiger partial charge >= 0.3 is 0 Å². The molecule has 1 heteroatoms. The number of aromatic nitrogens is 1. The van der Waals surface area contributed by atoms with Crippen molar-refractivity contribution in [3.05, 3.63) is 163 Å². The van der Waals surface area contributed by atoms with Gasteiger partial charge in [-0.15, -0.1) is 0 Å². The minimum Gasteiger partial charge on any atom is -0.309 e. The first-order chi connectivity index (χ1) is 25.2. The van der Waals surface area contributed by atoms with Crippen LogP contribution in [0.1, 0.15) is 50.2 Å². The van der Waals surface area contributed by atoms with Gasteiger partial charge in [0.2, 0.25) is 0 Å². The van der Waals surface area contributed by atoms with E-state index >= 15 is 0 Å². The van der Waals surface area contributed by atoms with Crippen molar-refractivity contribution in [2.75, 3.05) is 0 Å². The first kappa shape index (κ1) is 29.3. The molecule has 0 aliphatic heterocycles. The summed E-state index contributed by atoms with van der Waals surface area (Å²) >= 11 is 0.